The first-order valence-electron chi connectivity index (χ1n) is 19.6. The molecule has 0 radical (unpaired) electrons. The van der Waals surface area contributed by atoms with E-state index in [-0.39, 0.29) is 0 Å². The number of hydrogen-bond acceptors (Lipinski definition) is 10. The van der Waals surface area contributed by atoms with E-state index in [4.69, 9.17) is 5.73 Å². The summed E-state index contributed by atoms with van der Waals surface area (Å²) in [4.78, 5) is 11.7. The summed E-state index contributed by atoms with van der Waals surface area (Å²) < 4.78 is 655. The van der Waals surface area contributed by atoms with Crippen LogP contribution in [0.3, 0.4) is 0 Å². The van der Waals surface area contributed by atoms with E-state index in [1.165, 1.54) is 0 Å². The molecule has 0 aliphatic heterocycles. The molecule has 0 spiro atoms. The van der Waals surface area contributed by atoms with Crippen molar-refractivity contribution in [2.24, 2.45) is 5.73 Å². The van der Waals surface area contributed by atoms with E-state index in [0.717, 1.165) is 18.9 Å². The topological polar surface area (TPSA) is 140 Å². The van der Waals surface area contributed by atoms with Crippen LogP contribution in [0.4, 0.5) is 202 Å². The predicted molar refractivity (Wildman–Crippen MR) is 172 cm³/mol. The van der Waals surface area contributed by atoms with E-state index in [0.29, 0.717) is 5.48 Å². The van der Waals surface area contributed by atoms with Crippen LogP contribution in [0.25, 0.3) is 0 Å². The van der Waals surface area contributed by atoms with Gasteiger partial charge in [-0.25, -0.2) is 5.48 Å². The number of ether oxygens (including phenoxy) is 6. The number of hydroxylamine groups is 1. The largest absolute Gasteiger partial charge is 0.514 e. The quantitative estimate of drug-likeness (QED) is 0.0492. The van der Waals surface area contributed by atoms with Crippen LogP contribution >= 0.6 is 0 Å². The first-order valence-corrected chi connectivity index (χ1v) is 19.6. The highest BCUT2D eigenvalue weighted by Crippen LogP contribution is 2.63. The lowest BCUT2D eigenvalue weighted by molar-refractivity contribution is -0.580. The van der Waals surface area contributed by atoms with Gasteiger partial charge in [0.05, 0.1) is 0 Å². The highest BCUT2D eigenvalue weighted by Gasteiger charge is 2.91. The van der Waals surface area contributed by atoms with E-state index in [9.17, 15) is 177 Å². The molecule has 0 saturated carbocycles. The van der Waals surface area contributed by atoms with Crippen molar-refractivity contribution in [3.63, 3.8) is 0 Å². The Morgan fingerprint density at radius 1 is 0.371 bits per heavy atom. The zero-order valence-corrected chi connectivity index (χ0v) is 38.9. The first kappa shape index (κ1) is 82.2. The Morgan fingerprint density at radius 2 is 0.629 bits per heavy atom. The van der Waals surface area contributed by atoms with E-state index >= 15 is 35.1 Å². The normalized spacial score (nSPS) is 19.3. The summed E-state index contributed by atoms with van der Waals surface area (Å²) in [6, 6.07) is -6.27. The van der Waals surface area contributed by atoms with Gasteiger partial charge in [0.2, 0.25) is 5.91 Å². The molecule has 0 aromatic heterocycles. The number of nitrogens with two attached hydrogens (primary N) is 1. The number of amides is 1. The van der Waals surface area contributed by atoms with Crippen molar-refractivity contribution in [2.75, 3.05) is 6.54 Å². The van der Waals surface area contributed by atoms with Crippen LogP contribution in [0.2, 0.25) is 0 Å². The minimum atomic E-state index is -9.56. The molecule has 1 aromatic rings. The molecule has 524 valence electrons. The predicted octanol–water partition coefficient (Wildman–Crippen LogP) is 13.1. The number of halogens is 46. The van der Waals surface area contributed by atoms with Crippen molar-refractivity contribution in [2.45, 2.75) is 139 Å². The van der Waals surface area contributed by atoms with Gasteiger partial charge < -0.3 is 10.8 Å². The van der Waals surface area contributed by atoms with Crippen molar-refractivity contribution in [1.82, 2.24) is 5.48 Å². The monoisotopic (exact) mass is 1440 g/mol. The Hall–Kier alpha value is -4.83. The highest BCUT2D eigenvalue weighted by atomic mass is 19.5. The van der Waals surface area contributed by atoms with Gasteiger partial charge >= 0.3 is 140 Å². The summed E-state index contributed by atoms with van der Waals surface area (Å²) in [5.41, 5.74) is -7.30. The average Bonchev–Trinajstić information content (AvgIpc) is 0.733. The second-order valence-electron chi connectivity index (χ2n) is 15.8. The molecule has 4 N–H and O–H groups in total. The molecule has 1 rings (SSSR count). The van der Waals surface area contributed by atoms with Crippen LogP contribution in [0.1, 0.15) is 17.5 Å². The van der Waals surface area contributed by atoms with Gasteiger partial charge in [-0.15, -0.1) is 0 Å². The molecule has 1 aromatic carbocycles. The fourth-order valence-corrected chi connectivity index (χ4v) is 5.07. The average molecular weight is 1440 g/mol. The molecule has 0 aliphatic carbocycles. The number of benzene rings is 1. The van der Waals surface area contributed by atoms with Crippen LogP contribution in [-0.2, 0) is 49.7 Å². The Balaban J connectivity index is 4.82. The number of carbonyl (C=O) groups is 1. The molecule has 0 saturated heterocycles. The van der Waals surface area contributed by atoms with Crippen molar-refractivity contribution >= 4 is 18.5 Å². The molecule has 58 heteroatoms. The lowest BCUT2D eigenvalue weighted by atomic mass is 9.73. The number of alkyl halides is 46. The molecule has 0 fully saturated rings. The van der Waals surface area contributed by atoms with E-state index in [2.05, 4.69) is 4.76 Å². The molecule has 0 heterocycles. The van der Waals surface area contributed by atoms with Crippen LogP contribution in [0.15, 0.2) is 18.2 Å². The Labute approximate surface area is 451 Å². The third kappa shape index (κ3) is 14.5. The molecule has 1 amide bonds. The van der Waals surface area contributed by atoms with Crippen LogP contribution in [-0.4, -0.2) is 146 Å². The standard InChI is InChI=1S/C31H11BF46N2O9/c33-10(18(43,44)45,83-28(71,72)14(39,22(55,56)57)87-30(75,76)16(41,24(61,62)63)85-26(67,68)12(35,36)20(49,50)51)6-1-2-8(32(82)89-80-9(81)3-4-79)7(5-6)11(34,19(46,47)48)84-29(73,74)15(40,23(58,59)60)88-31(77,78)17(42,25(64,65)66)86-27(69,70)13(37,38)21(52,53)54/h1-2,5,82H,3-4,79H2,(H,80,81). The zero-order valence-electron chi connectivity index (χ0n) is 38.9. The van der Waals surface area contributed by atoms with Crippen LogP contribution in [0, 0.1) is 0 Å². The van der Waals surface area contributed by atoms with Crippen molar-refractivity contribution in [3.8, 4) is 0 Å². The molecule has 0 aliphatic rings. The summed E-state index contributed by atoms with van der Waals surface area (Å²) in [5.74, 6) is -74.0. The van der Waals surface area contributed by atoms with Gasteiger partial charge in [0.25, 0.3) is 0 Å². The van der Waals surface area contributed by atoms with E-state index in [1.54, 1.807) is 9.47 Å². The van der Waals surface area contributed by atoms with Crippen LogP contribution in [0.5, 0.6) is 0 Å². The first-order chi connectivity index (χ1) is 38.2. The Kier molecular flexibility index (Phi) is 21.5. The van der Waals surface area contributed by atoms with E-state index in [1.807, 2.05) is 0 Å². The fourth-order valence-electron chi connectivity index (χ4n) is 5.07. The molecule has 0 bridgehead atoms. The van der Waals surface area contributed by atoms with Gasteiger partial charge in [0, 0.05) is 24.1 Å². The van der Waals surface area contributed by atoms with Crippen molar-refractivity contribution < 1.29 is 245 Å². The lowest BCUT2D eigenvalue weighted by Gasteiger charge is -2.43. The van der Waals surface area contributed by atoms with Gasteiger partial charge in [-0.3, -0.25) is 38.0 Å². The van der Waals surface area contributed by atoms with Gasteiger partial charge in [-0.1, -0.05) is 12.1 Å². The summed E-state index contributed by atoms with van der Waals surface area (Å²) in [6.45, 7) is -1.07. The summed E-state index contributed by atoms with van der Waals surface area (Å²) >= 11 is 0. The summed E-state index contributed by atoms with van der Waals surface area (Å²) in [6.07, 6.45) is -127. The third-order valence-corrected chi connectivity index (χ3v) is 9.43. The molecule has 6 atom stereocenters. The minimum Gasteiger partial charge on any atom is -0.422 e. The van der Waals surface area contributed by atoms with Crippen LogP contribution < -0.4 is 16.7 Å². The molecule has 89 heavy (non-hydrogen) atoms. The van der Waals surface area contributed by atoms with Gasteiger partial charge in [0.1, 0.15) is 0 Å². The maximum absolute atomic E-state index is 16.5. The number of carbonyl (C=O) groups excluding carboxylic acids is 1. The lowest BCUT2D eigenvalue weighted by Crippen LogP contribution is -2.70. The Bertz CT molecular complexity index is 2630. The number of rotatable bonds is 25. The maximum atomic E-state index is 16.5. The van der Waals surface area contributed by atoms with Crippen molar-refractivity contribution in [1.29, 1.82) is 0 Å². The molecule has 6 unspecified atom stereocenters. The van der Waals surface area contributed by atoms with Gasteiger partial charge in [0.15, 0.2) is 0 Å². The minimum absolute atomic E-state index is 0.561. The molecule has 11 nitrogen and oxygen atoms in total. The zero-order chi connectivity index (χ0) is 72.1. The van der Waals surface area contributed by atoms with E-state index < -0.39 is 194 Å². The van der Waals surface area contributed by atoms with Crippen molar-refractivity contribution in [3.05, 3.63) is 29.3 Å². The summed E-state index contributed by atoms with van der Waals surface area (Å²) in [7, 11) is -4.57. The second-order valence-corrected chi connectivity index (χ2v) is 15.8. The van der Waals surface area contributed by atoms with Gasteiger partial charge in [-0.2, -0.15) is 202 Å². The second kappa shape index (κ2) is 23.3. The summed E-state index contributed by atoms with van der Waals surface area (Å²) in [5, 5.41) is 10.1. The Morgan fingerprint density at radius 3 is 0.876 bits per heavy atom. The molecular formula is C31H11BF46N2O9. The SMILES string of the molecule is NCCC(=O)NOB(O)c1ccc(C(F)(OC(F)(F)C(F)(OC(F)(F)C(F)(OC(F)(F)C(F)(F)C(F)(F)F)C(F)(F)F)C(F)(F)F)C(F)(F)F)cc1C(F)(OC(F)(F)C(F)(OC(F)(F)C(F)(OC(F)(F)C(F)(F)C(F)(F)F)C(F)(F)F)C(F)(F)F)C(F)(F)F. The number of hydrogen-bond donors (Lipinski definition) is 3. The fraction of sp³-hybridized carbons (Fsp3) is 0.774. The highest BCUT2D eigenvalue weighted by molar-refractivity contribution is 6.60. The molecular weight excluding hydrogens is 1430 g/mol. The third-order valence-electron chi connectivity index (χ3n) is 9.43. The smallest absolute Gasteiger partial charge is 0.422 e. The number of nitrogens with one attached hydrogen (secondary N) is 1. The van der Waals surface area contributed by atoms with Gasteiger partial charge in [-0.05, 0) is 11.5 Å². The maximum Gasteiger partial charge on any atom is 0.514 e.